The predicted molar refractivity (Wildman–Crippen MR) is 77.4 cm³/mol. The number of primary amides is 1. The minimum absolute atomic E-state index is 0.0626. The van der Waals surface area contributed by atoms with Crippen LogP contribution in [0.25, 0.3) is 0 Å². The summed E-state index contributed by atoms with van der Waals surface area (Å²) in [5.74, 6) is -1.74. The first kappa shape index (κ1) is 17.4. The number of nitrogens with two attached hydrogens (primary N) is 1. The third-order valence-corrected chi connectivity index (χ3v) is 3.89. The zero-order valence-electron chi connectivity index (χ0n) is 12.7. The average Bonchev–Trinajstić information content (AvgIpc) is 2.42. The normalized spacial score (nSPS) is 18.4. The average molecular weight is 299 g/mol. The van der Waals surface area contributed by atoms with Gasteiger partial charge in [-0.3, -0.25) is 9.59 Å². The van der Waals surface area contributed by atoms with Crippen molar-refractivity contribution in [2.45, 2.75) is 39.2 Å². The Morgan fingerprint density at radius 3 is 2.29 bits per heavy atom. The molecule has 0 radical (unpaired) electrons. The van der Waals surface area contributed by atoms with Crippen molar-refractivity contribution >= 4 is 17.8 Å². The van der Waals surface area contributed by atoms with E-state index >= 15 is 0 Å². The molecule has 0 aliphatic carbocycles. The molecule has 0 aromatic carbocycles. The Morgan fingerprint density at radius 2 is 1.86 bits per heavy atom. The highest BCUT2D eigenvalue weighted by atomic mass is 16.4. The van der Waals surface area contributed by atoms with E-state index in [4.69, 9.17) is 10.8 Å². The van der Waals surface area contributed by atoms with Gasteiger partial charge in [0, 0.05) is 18.9 Å². The largest absolute Gasteiger partial charge is 0.480 e. The van der Waals surface area contributed by atoms with Gasteiger partial charge in [-0.15, -0.1) is 0 Å². The predicted octanol–water partition coefficient (Wildman–Crippen LogP) is -0.201. The Labute approximate surface area is 124 Å². The van der Waals surface area contributed by atoms with Crippen LogP contribution in [0.15, 0.2) is 0 Å². The second kappa shape index (κ2) is 7.97. The Kier molecular flexibility index (Phi) is 6.61. The molecule has 120 valence electrons. The first-order valence-electron chi connectivity index (χ1n) is 7.35. The molecule has 1 saturated heterocycles. The molecule has 21 heavy (non-hydrogen) atoms. The van der Waals surface area contributed by atoms with E-state index < -0.39 is 12.0 Å². The maximum atomic E-state index is 11.8. The Morgan fingerprint density at radius 1 is 1.29 bits per heavy atom. The molecular weight excluding hydrogens is 274 g/mol. The molecule has 1 aliphatic heterocycles. The zero-order valence-corrected chi connectivity index (χ0v) is 12.7. The first-order valence-corrected chi connectivity index (χ1v) is 7.35. The second-order valence-corrected chi connectivity index (χ2v) is 5.90. The van der Waals surface area contributed by atoms with Gasteiger partial charge in [0.25, 0.3) is 0 Å². The van der Waals surface area contributed by atoms with Crippen LogP contribution in [0.2, 0.25) is 0 Å². The van der Waals surface area contributed by atoms with Crippen molar-refractivity contribution < 1.29 is 19.5 Å². The fraction of sp³-hybridized carbons (Fsp3) is 0.786. The van der Waals surface area contributed by atoms with Gasteiger partial charge in [-0.05, 0) is 31.8 Å². The zero-order chi connectivity index (χ0) is 16.0. The number of amides is 2. The second-order valence-electron chi connectivity index (χ2n) is 5.90. The van der Waals surface area contributed by atoms with Crippen LogP contribution in [0.4, 0.5) is 0 Å². The van der Waals surface area contributed by atoms with Crippen LogP contribution < -0.4 is 11.1 Å². The maximum absolute atomic E-state index is 11.8. The maximum Gasteiger partial charge on any atom is 0.326 e. The van der Waals surface area contributed by atoms with E-state index in [1.54, 1.807) is 13.8 Å². The van der Waals surface area contributed by atoms with Crippen molar-refractivity contribution in [1.29, 1.82) is 0 Å². The number of rotatable bonds is 7. The van der Waals surface area contributed by atoms with Crippen LogP contribution in [-0.2, 0) is 14.4 Å². The number of nitrogens with zero attached hydrogens (tertiary/aromatic N) is 1. The van der Waals surface area contributed by atoms with E-state index in [2.05, 4.69) is 10.2 Å². The summed E-state index contributed by atoms with van der Waals surface area (Å²) in [6.45, 7) is 5.57. The van der Waals surface area contributed by atoms with E-state index in [0.717, 1.165) is 25.9 Å². The van der Waals surface area contributed by atoms with Gasteiger partial charge < -0.3 is 21.1 Å². The smallest absolute Gasteiger partial charge is 0.326 e. The minimum Gasteiger partial charge on any atom is -0.480 e. The Balaban J connectivity index is 2.31. The van der Waals surface area contributed by atoms with Gasteiger partial charge in [0.05, 0.1) is 0 Å². The van der Waals surface area contributed by atoms with Crippen molar-refractivity contribution in [3.8, 4) is 0 Å². The number of carboxylic acids is 1. The number of carboxylic acid groups (broad SMARTS) is 1. The molecule has 2 amide bonds. The van der Waals surface area contributed by atoms with Crippen molar-refractivity contribution in [3.63, 3.8) is 0 Å². The van der Waals surface area contributed by atoms with Crippen LogP contribution in [0, 0.1) is 11.8 Å². The molecule has 0 aromatic rings. The molecule has 1 aliphatic rings. The van der Waals surface area contributed by atoms with Gasteiger partial charge >= 0.3 is 5.97 Å². The van der Waals surface area contributed by atoms with E-state index in [1.165, 1.54) is 0 Å². The Bertz CT molecular complexity index is 390. The summed E-state index contributed by atoms with van der Waals surface area (Å²) < 4.78 is 0. The number of carbonyl (C=O) groups excluding carboxylic acids is 2. The lowest BCUT2D eigenvalue weighted by atomic mass is 9.96. The van der Waals surface area contributed by atoms with Crippen LogP contribution in [0.5, 0.6) is 0 Å². The quantitative estimate of drug-likeness (QED) is 0.602. The summed E-state index contributed by atoms with van der Waals surface area (Å²) in [5, 5.41) is 11.6. The number of aliphatic carboxylic acids is 1. The molecule has 7 heteroatoms. The van der Waals surface area contributed by atoms with Crippen LogP contribution in [-0.4, -0.2) is 53.5 Å². The minimum atomic E-state index is -1.01. The van der Waals surface area contributed by atoms with Crippen LogP contribution in [0.3, 0.4) is 0 Å². The van der Waals surface area contributed by atoms with Gasteiger partial charge in [-0.1, -0.05) is 13.8 Å². The molecule has 0 spiro atoms. The molecule has 1 atom stereocenters. The molecular formula is C14H25N3O4. The molecule has 1 fully saturated rings. The monoisotopic (exact) mass is 299 g/mol. The third kappa shape index (κ3) is 5.71. The number of nitrogens with one attached hydrogen (secondary N) is 1. The van der Waals surface area contributed by atoms with Crippen LogP contribution in [0.1, 0.15) is 33.1 Å². The number of piperidine rings is 1. The van der Waals surface area contributed by atoms with Crippen molar-refractivity contribution in [1.82, 2.24) is 10.2 Å². The number of hydrogen-bond acceptors (Lipinski definition) is 4. The van der Waals surface area contributed by atoms with Gasteiger partial charge in [0.2, 0.25) is 11.8 Å². The SMILES string of the molecule is CC(C)C(NC(=O)CCN1CCC(C(N)=O)CC1)C(=O)O. The lowest BCUT2D eigenvalue weighted by molar-refractivity contribution is -0.143. The van der Waals surface area contributed by atoms with E-state index in [1.807, 2.05) is 0 Å². The molecule has 1 heterocycles. The highest BCUT2D eigenvalue weighted by Gasteiger charge is 2.25. The van der Waals surface area contributed by atoms with Gasteiger partial charge in [0.15, 0.2) is 0 Å². The van der Waals surface area contributed by atoms with E-state index in [0.29, 0.717) is 6.54 Å². The lowest BCUT2D eigenvalue weighted by Crippen LogP contribution is -2.45. The van der Waals surface area contributed by atoms with Crippen LogP contribution >= 0.6 is 0 Å². The third-order valence-electron chi connectivity index (χ3n) is 3.89. The van der Waals surface area contributed by atoms with E-state index in [9.17, 15) is 14.4 Å². The first-order chi connectivity index (χ1) is 9.81. The highest BCUT2D eigenvalue weighted by Crippen LogP contribution is 2.16. The molecule has 1 unspecified atom stereocenters. The van der Waals surface area contributed by atoms with Crippen molar-refractivity contribution in [2.24, 2.45) is 17.6 Å². The Hall–Kier alpha value is -1.63. The fourth-order valence-corrected chi connectivity index (χ4v) is 2.46. The standard InChI is InChI=1S/C14H25N3O4/c1-9(2)12(14(20)21)16-11(18)5-8-17-6-3-10(4-7-17)13(15)19/h9-10,12H,3-8H2,1-2H3,(H2,15,19)(H,16,18)(H,20,21). The fourth-order valence-electron chi connectivity index (χ4n) is 2.46. The molecule has 0 bridgehead atoms. The van der Waals surface area contributed by atoms with Gasteiger partial charge in [-0.25, -0.2) is 4.79 Å². The highest BCUT2D eigenvalue weighted by molar-refractivity contribution is 5.83. The summed E-state index contributed by atoms with van der Waals surface area (Å²) >= 11 is 0. The number of likely N-dealkylation sites (tertiary alicyclic amines) is 1. The van der Waals surface area contributed by atoms with Gasteiger partial charge in [-0.2, -0.15) is 0 Å². The van der Waals surface area contributed by atoms with Gasteiger partial charge in [0.1, 0.15) is 6.04 Å². The topological polar surface area (TPSA) is 113 Å². The lowest BCUT2D eigenvalue weighted by Gasteiger charge is -2.30. The number of hydrogen-bond donors (Lipinski definition) is 3. The molecule has 4 N–H and O–H groups in total. The van der Waals surface area contributed by atoms with Crippen molar-refractivity contribution in [3.05, 3.63) is 0 Å². The molecule has 0 aromatic heterocycles. The summed E-state index contributed by atoms with van der Waals surface area (Å²) in [6, 6.07) is -0.849. The molecule has 1 rings (SSSR count). The molecule has 0 saturated carbocycles. The summed E-state index contributed by atoms with van der Waals surface area (Å²) in [6.07, 6.45) is 1.71. The number of carbonyl (C=O) groups is 3. The molecule has 7 nitrogen and oxygen atoms in total. The van der Waals surface area contributed by atoms with E-state index in [-0.39, 0.29) is 30.1 Å². The van der Waals surface area contributed by atoms with Crippen molar-refractivity contribution in [2.75, 3.05) is 19.6 Å². The summed E-state index contributed by atoms with van der Waals surface area (Å²) in [4.78, 5) is 36.0. The summed E-state index contributed by atoms with van der Waals surface area (Å²) in [7, 11) is 0. The summed E-state index contributed by atoms with van der Waals surface area (Å²) in [5.41, 5.74) is 5.27.